The highest BCUT2D eigenvalue weighted by Crippen LogP contribution is 2.07. The molecule has 2 nitrogen and oxygen atoms in total. The number of Topliss-reactive ketones (excluding diaryl/α,β-unsaturated/α-hetero) is 1. The highest BCUT2D eigenvalue weighted by atomic mass is 32.1. The fourth-order valence-corrected chi connectivity index (χ4v) is 1.06. The molecule has 0 heterocycles. The normalized spacial score (nSPS) is 10.6. The lowest BCUT2D eigenvalue weighted by molar-refractivity contribution is 0.103. The highest BCUT2D eigenvalue weighted by molar-refractivity contribution is 7.83. The molecule has 1 aromatic rings. The number of nitrogens with zero attached hydrogens (tertiary/aromatic N) is 1. The summed E-state index contributed by atoms with van der Waals surface area (Å²) in [5.74, 6) is -0.293. The van der Waals surface area contributed by atoms with Crippen molar-refractivity contribution in [1.82, 2.24) is 0 Å². The smallest absolute Gasteiger partial charge is 0.204 e. The summed E-state index contributed by atoms with van der Waals surface area (Å²) < 4.78 is 0. The van der Waals surface area contributed by atoms with Crippen LogP contribution in [0.2, 0.25) is 0 Å². The lowest BCUT2D eigenvalue weighted by Gasteiger charge is -1.96. The van der Waals surface area contributed by atoms with E-state index in [4.69, 9.17) is 5.26 Å². The van der Waals surface area contributed by atoms with E-state index in [1.165, 1.54) is 5.41 Å². The van der Waals surface area contributed by atoms with E-state index in [1.54, 1.807) is 30.3 Å². The SMILES string of the molecule is N#CC(=CS)C(=O)c1ccccc1. The van der Waals surface area contributed by atoms with Gasteiger partial charge in [-0.05, 0) is 5.41 Å². The van der Waals surface area contributed by atoms with Crippen LogP contribution in [0.25, 0.3) is 0 Å². The average Bonchev–Trinajstić information content (AvgIpc) is 2.21. The molecule has 0 aliphatic heterocycles. The number of nitriles is 1. The number of hydrogen-bond donors (Lipinski definition) is 1. The summed E-state index contributed by atoms with van der Waals surface area (Å²) in [4.78, 5) is 11.5. The van der Waals surface area contributed by atoms with Crippen LogP contribution in [-0.4, -0.2) is 5.78 Å². The first-order valence-corrected chi connectivity index (χ1v) is 4.15. The van der Waals surface area contributed by atoms with Gasteiger partial charge in [0.15, 0.2) is 0 Å². The third kappa shape index (κ3) is 2.20. The summed E-state index contributed by atoms with van der Waals surface area (Å²) in [5, 5.41) is 9.79. The largest absolute Gasteiger partial charge is 0.288 e. The van der Waals surface area contributed by atoms with Crippen LogP contribution < -0.4 is 0 Å². The monoisotopic (exact) mass is 189 g/mol. The minimum atomic E-state index is -0.293. The Bertz CT molecular complexity index is 376. The van der Waals surface area contributed by atoms with Gasteiger partial charge in [0.25, 0.3) is 0 Å². The number of carbonyl (C=O) groups is 1. The summed E-state index contributed by atoms with van der Waals surface area (Å²) in [5.41, 5.74) is 0.555. The fourth-order valence-electron chi connectivity index (χ4n) is 0.883. The molecule has 0 aliphatic rings. The van der Waals surface area contributed by atoms with Crippen LogP contribution in [0.15, 0.2) is 41.3 Å². The van der Waals surface area contributed by atoms with E-state index in [0.717, 1.165) is 0 Å². The zero-order valence-electron chi connectivity index (χ0n) is 6.77. The van der Waals surface area contributed by atoms with E-state index in [9.17, 15) is 4.79 Å². The molecule has 0 aromatic heterocycles. The number of rotatable bonds is 2. The predicted molar refractivity (Wildman–Crippen MR) is 53.5 cm³/mol. The molecule has 0 amide bonds. The number of carbonyl (C=O) groups excluding carboxylic acids is 1. The first-order chi connectivity index (χ1) is 6.29. The summed E-state index contributed by atoms with van der Waals surface area (Å²) in [7, 11) is 0. The molecule has 0 spiro atoms. The van der Waals surface area contributed by atoms with Crippen molar-refractivity contribution in [2.45, 2.75) is 0 Å². The molecule has 0 fully saturated rings. The number of allylic oxidation sites excluding steroid dienone is 1. The van der Waals surface area contributed by atoms with E-state index < -0.39 is 0 Å². The topological polar surface area (TPSA) is 40.9 Å². The van der Waals surface area contributed by atoms with Gasteiger partial charge in [0, 0.05) is 5.56 Å². The maximum Gasteiger partial charge on any atom is 0.204 e. The van der Waals surface area contributed by atoms with Crippen molar-refractivity contribution in [3.63, 3.8) is 0 Å². The van der Waals surface area contributed by atoms with Gasteiger partial charge in [-0.15, -0.1) is 12.6 Å². The van der Waals surface area contributed by atoms with E-state index in [0.29, 0.717) is 5.56 Å². The predicted octanol–water partition coefficient (Wildman–Crippen LogP) is 2.21. The number of hydrogen-bond acceptors (Lipinski definition) is 3. The quantitative estimate of drug-likeness (QED) is 0.335. The Kier molecular flexibility index (Phi) is 3.30. The highest BCUT2D eigenvalue weighted by Gasteiger charge is 2.09. The molecular formula is C10H7NOS. The Hall–Kier alpha value is -1.53. The van der Waals surface area contributed by atoms with Crippen LogP contribution in [0, 0.1) is 11.3 Å². The fraction of sp³-hybridized carbons (Fsp3) is 0. The molecule has 0 unspecified atom stereocenters. The Morgan fingerprint density at radius 3 is 2.46 bits per heavy atom. The standard InChI is InChI=1S/C10H7NOS/c11-6-9(7-13)10(12)8-4-2-1-3-5-8/h1-5,7,13H. The summed E-state index contributed by atoms with van der Waals surface area (Å²) >= 11 is 3.78. The molecule has 0 saturated heterocycles. The minimum absolute atomic E-state index is 0.0505. The van der Waals surface area contributed by atoms with Gasteiger partial charge in [-0.1, -0.05) is 30.3 Å². The van der Waals surface area contributed by atoms with Crippen molar-refractivity contribution in [3.8, 4) is 6.07 Å². The molecule has 0 saturated carbocycles. The van der Waals surface area contributed by atoms with Crippen LogP contribution in [0.3, 0.4) is 0 Å². The second-order valence-corrected chi connectivity index (χ2v) is 2.61. The van der Waals surface area contributed by atoms with E-state index >= 15 is 0 Å². The van der Waals surface area contributed by atoms with Crippen molar-refractivity contribution in [1.29, 1.82) is 5.26 Å². The molecule has 1 rings (SSSR count). The first kappa shape index (κ1) is 9.56. The van der Waals surface area contributed by atoms with Crippen molar-refractivity contribution < 1.29 is 4.79 Å². The van der Waals surface area contributed by atoms with Crippen LogP contribution in [0.1, 0.15) is 10.4 Å². The van der Waals surface area contributed by atoms with Crippen molar-refractivity contribution in [3.05, 3.63) is 46.9 Å². The Morgan fingerprint density at radius 1 is 1.38 bits per heavy atom. The lowest BCUT2D eigenvalue weighted by atomic mass is 10.1. The van der Waals surface area contributed by atoms with Gasteiger partial charge in [0.05, 0.1) is 0 Å². The van der Waals surface area contributed by atoms with Crippen molar-refractivity contribution in [2.24, 2.45) is 0 Å². The molecule has 0 radical (unpaired) electrons. The second kappa shape index (κ2) is 4.48. The van der Waals surface area contributed by atoms with Gasteiger partial charge in [0.2, 0.25) is 5.78 Å². The van der Waals surface area contributed by atoms with E-state index in [-0.39, 0.29) is 11.4 Å². The number of thiol groups is 1. The Balaban J connectivity index is 3.01. The van der Waals surface area contributed by atoms with Crippen LogP contribution >= 0.6 is 12.6 Å². The van der Waals surface area contributed by atoms with Crippen LogP contribution in [0.5, 0.6) is 0 Å². The molecular weight excluding hydrogens is 182 g/mol. The average molecular weight is 189 g/mol. The van der Waals surface area contributed by atoms with Crippen LogP contribution in [-0.2, 0) is 0 Å². The minimum Gasteiger partial charge on any atom is -0.288 e. The number of benzene rings is 1. The second-order valence-electron chi connectivity index (χ2n) is 2.35. The third-order valence-corrected chi connectivity index (χ3v) is 1.79. The van der Waals surface area contributed by atoms with E-state index in [1.807, 2.05) is 6.07 Å². The van der Waals surface area contributed by atoms with Crippen LogP contribution in [0.4, 0.5) is 0 Å². The molecule has 0 bridgehead atoms. The van der Waals surface area contributed by atoms with Crippen molar-refractivity contribution >= 4 is 18.4 Å². The van der Waals surface area contributed by atoms with Gasteiger partial charge in [-0.3, -0.25) is 4.79 Å². The molecule has 13 heavy (non-hydrogen) atoms. The van der Waals surface area contributed by atoms with Gasteiger partial charge >= 0.3 is 0 Å². The van der Waals surface area contributed by atoms with Gasteiger partial charge < -0.3 is 0 Å². The summed E-state index contributed by atoms with van der Waals surface area (Å²) in [6, 6.07) is 10.4. The molecule has 64 valence electrons. The lowest BCUT2D eigenvalue weighted by Crippen LogP contribution is -2.00. The molecule has 0 N–H and O–H groups in total. The molecule has 3 heteroatoms. The summed E-state index contributed by atoms with van der Waals surface area (Å²) in [6.07, 6.45) is 0. The zero-order valence-corrected chi connectivity index (χ0v) is 7.66. The zero-order chi connectivity index (χ0) is 9.68. The molecule has 0 atom stereocenters. The van der Waals surface area contributed by atoms with Gasteiger partial charge in [-0.2, -0.15) is 5.26 Å². The Morgan fingerprint density at radius 2 is 2.00 bits per heavy atom. The third-order valence-electron chi connectivity index (χ3n) is 1.53. The molecule has 0 aliphatic carbocycles. The van der Waals surface area contributed by atoms with Crippen molar-refractivity contribution in [2.75, 3.05) is 0 Å². The first-order valence-electron chi connectivity index (χ1n) is 3.64. The number of ketones is 1. The summed E-state index contributed by atoms with van der Waals surface area (Å²) in [6.45, 7) is 0. The Labute approximate surface area is 81.9 Å². The molecule has 1 aromatic carbocycles. The van der Waals surface area contributed by atoms with E-state index in [2.05, 4.69) is 12.6 Å². The maximum absolute atomic E-state index is 11.5. The maximum atomic E-state index is 11.5. The van der Waals surface area contributed by atoms with Gasteiger partial charge in [0.1, 0.15) is 11.6 Å². The van der Waals surface area contributed by atoms with Gasteiger partial charge in [-0.25, -0.2) is 0 Å².